The van der Waals surface area contributed by atoms with Gasteiger partial charge in [0, 0.05) is 18.2 Å². The van der Waals surface area contributed by atoms with Crippen LogP contribution in [0.4, 0.5) is 4.39 Å². The van der Waals surface area contributed by atoms with Gasteiger partial charge in [-0.1, -0.05) is 48.0 Å². The Hall–Kier alpha value is -2.13. The third-order valence-electron chi connectivity index (χ3n) is 4.11. The van der Waals surface area contributed by atoms with Gasteiger partial charge in [0.15, 0.2) is 0 Å². The zero-order valence-electron chi connectivity index (χ0n) is 12.6. The van der Waals surface area contributed by atoms with Crippen molar-refractivity contribution in [1.82, 2.24) is 4.90 Å². The molecule has 1 aliphatic rings. The molecule has 0 aromatic heterocycles. The van der Waals surface area contributed by atoms with Crippen LogP contribution in [0.25, 0.3) is 6.08 Å². The second kappa shape index (κ2) is 6.97. The van der Waals surface area contributed by atoms with E-state index in [1.54, 1.807) is 12.1 Å². The first-order valence-corrected chi connectivity index (χ1v) is 8.02. The van der Waals surface area contributed by atoms with Gasteiger partial charge in [0.2, 0.25) is 5.91 Å². The third-order valence-corrected chi connectivity index (χ3v) is 4.44. The first kappa shape index (κ1) is 15.8. The highest BCUT2D eigenvalue weighted by atomic mass is 35.5. The summed E-state index contributed by atoms with van der Waals surface area (Å²) in [7, 11) is 0. The molecule has 2 nitrogen and oxygen atoms in total. The molecular weight excluding hydrogens is 313 g/mol. The highest BCUT2D eigenvalue weighted by molar-refractivity contribution is 6.32. The number of rotatable bonds is 3. The molecule has 1 atom stereocenters. The Labute approximate surface area is 140 Å². The van der Waals surface area contributed by atoms with Crippen LogP contribution in [-0.4, -0.2) is 17.4 Å². The number of hydrogen-bond donors (Lipinski definition) is 0. The van der Waals surface area contributed by atoms with Crippen molar-refractivity contribution in [3.63, 3.8) is 0 Å². The van der Waals surface area contributed by atoms with Gasteiger partial charge in [-0.15, -0.1) is 0 Å². The van der Waals surface area contributed by atoms with E-state index >= 15 is 0 Å². The number of amides is 1. The van der Waals surface area contributed by atoms with E-state index in [1.807, 2.05) is 35.2 Å². The van der Waals surface area contributed by atoms with Crippen LogP contribution < -0.4 is 0 Å². The summed E-state index contributed by atoms with van der Waals surface area (Å²) in [6.45, 7) is 0.716. The van der Waals surface area contributed by atoms with Gasteiger partial charge in [-0.3, -0.25) is 4.79 Å². The molecule has 0 N–H and O–H groups in total. The molecule has 3 rings (SSSR count). The Kier molecular flexibility index (Phi) is 4.77. The van der Waals surface area contributed by atoms with Crippen LogP contribution in [0.3, 0.4) is 0 Å². The van der Waals surface area contributed by atoms with E-state index in [0.717, 1.165) is 18.4 Å². The molecule has 1 amide bonds. The second-order valence-electron chi connectivity index (χ2n) is 5.57. The number of halogens is 2. The smallest absolute Gasteiger partial charge is 0.247 e. The van der Waals surface area contributed by atoms with Gasteiger partial charge >= 0.3 is 0 Å². The average Bonchev–Trinajstić information content (AvgIpc) is 3.05. The number of carbonyl (C=O) groups excluding carboxylic acids is 1. The summed E-state index contributed by atoms with van der Waals surface area (Å²) < 4.78 is 13.8. The van der Waals surface area contributed by atoms with Crippen molar-refractivity contribution in [2.24, 2.45) is 0 Å². The molecule has 2 aromatic carbocycles. The van der Waals surface area contributed by atoms with Crippen molar-refractivity contribution >= 4 is 23.6 Å². The Balaban J connectivity index is 1.79. The van der Waals surface area contributed by atoms with Crippen molar-refractivity contribution in [2.45, 2.75) is 18.9 Å². The predicted molar refractivity (Wildman–Crippen MR) is 90.6 cm³/mol. The fourth-order valence-corrected chi connectivity index (χ4v) is 3.20. The molecule has 0 aliphatic carbocycles. The van der Waals surface area contributed by atoms with E-state index in [9.17, 15) is 9.18 Å². The number of benzene rings is 2. The molecule has 1 saturated heterocycles. The Morgan fingerprint density at radius 1 is 1.17 bits per heavy atom. The zero-order chi connectivity index (χ0) is 16.2. The molecule has 1 aliphatic heterocycles. The van der Waals surface area contributed by atoms with Gasteiger partial charge in [-0.05, 0) is 36.6 Å². The van der Waals surface area contributed by atoms with Gasteiger partial charge in [-0.25, -0.2) is 4.39 Å². The quantitative estimate of drug-likeness (QED) is 0.737. The van der Waals surface area contributed by atoms with Crippen LogP contribution in [0.1, 0.15) is 30.0 Å². The van der Waals surface area contributed by atoms with Crippen LogP contribution in [0, 0.1) is 5.82 Å². The van der Waals surface area contributed by atoms with Crippen molar-refractivity contribution in [3.8, 4) is 0 Å². The highest BCUT2D eigenvalue weighted by Crippen LogP contribution is 2.32. The lowest BCUT2D eigenvalue weighted by atomic mass is 10.0. The first-order chi connectivity index (χ1) is 11.2. The van der Waals surface area contributed by atoms with Gasteiger partial charge < -0.3 is 4.90 Å². The van der Waals surface area contributed by atoms with Gasteiger partial charge in [0.1, 0.15) is 5.82 Å². The van der Waals surface area contributed by atoms with E-state index in [1.165, 1.54) is 18.2 Å². The number of hydrogen-bond acceptors (Lipinski definition) is 1. The van der Waals surface area contributed by atoms with Crippen LogP contribution >= 0.6 is 11.6 Å². The second-order valence-corrected chi connectivity index (χ2v) is 5.98. The van der Waals surface area contributed by atoms with E-state index in [0.29, 0.717) is 11.6 Å². The molecule has 23 heavy (non-hydrogen) atoms. The minimum Gasteiger partial charge on any atom is -0.332 e. The highest BCUT2D eigenvalue weighted by Gasteiger charge is 2.28. The summed E-state index contributed by atoms with van der Waals surface area (Å²) in [5.74, 6) is -0.543. The minimum absolute atomic E-state index is 0.0874. The molecular formula is C19H17ClFNO. The average molecular weight is 330 g/mol. The fourth-order valence-electron chi connectivity index (χ4n) is 2.97. The maximum atomic E-state index is 13.8. The van der Waals surface area contributed by atoms with Crippen LogP contribution in [0.15, 0.2) is 54.6 Å². The summed E-state index contributed by atoms with van der Waals surface area (Å²) in [4.78, 5) is 14.3. The number of carbonyl (C=O) groups is 1. The van der Waals surface area contributed by atoms with Gasteiger partial charge in [0.25, 0.3) is 0 Å². The summed E-state index contributed by atoms with van der Waals surface area (Å²) in [6.07, 6.45) is 4.79. The number of likely N-dealkylation sites (tertiary alicyclic amines) is 1. The molecule has 1 fully saturated rings. The van der Waals surface area contributed by atoms with E-state index in [2.05, 4.69) is 0 Å². The normalized spacial score (nSPS) is 17.8. The summed E-state index contributed by atoms with van der Waals surface area (Å²) >= 11 is 5.98. The maximum Gasteiger partial charge on any atom is 0.247 e. The molecule has 0 saturated carbocycles. The van der Waals surface area contributed by atoms with Crippen molar-refractivity contribution < 1.29 is 9.18 Å². The topological polar surface area (TPSA) is 20.3 Å². The first-order valence-electron chi connectivity index (χ1n) is 7.64. The summed E-state index contributed by atoms with van der Waals surface area (Å²) in [5, 5.41) is 0.301. The molecule has 1 heterocycles. The predicted octanol–water partition coefficient (Wildman–Crippen LogP) is 4.86. The molecule has 0 radical (unpaired) electrons. The Morgan fingerprint density at radius 3 is 2.70 bits per heavy atom. The van der Waals surface area contributed by atoms with Crippen LogP contribution in [0.2, 0.25) is 5.02 Å². The lowest BCUT2D eigenvalue weighted by molar-refractivity contribution is -0.126. The maximum absolute atomic E-state index is 13.8. The lowest BCUT2D eigenvalue weighted by Gasteiger charge is -2.23. The SMILES string of the molecule is O=C(C=Cc1c(F)cccc1Cl)N1CCCC1c1ccccc1. The van der Waals surface area contributed by atoms with Crippen molar-refractivity contribution in [2.75, 3.05) is 6.54 Å². The molecule has 2 aromatic rings. The fraction of sp³-hybridized carbons (Fsp3) is 0.211. The van der Waals surface area contributed by atoms with Gasteiger partial charge in [-0.2, -0.15) is 0 Å². The molecule has 0 bridgehead atoms. The summed E-state index contributed by atoms with van der Waals surface area (Å²) in [6, 6.07) is 14.6. The van der Waals surface area contributed by atoms with E-state index in [4.69, 9.17) is 11.6 Å². The monoisotopic (exact) mass is 329 g/mol. The Bertz CT molecular complexity index is 709. The molecule has 1 unspecified atom stereocenters. The van der Waals surface area contributed by atoms with Crippen molar-refractivity contribution in [3.05, 3.63) is 76.6 Å². The van der Waals surface area contributed by atoms with Gasteiger partial charge in [0.05, 0.1) is 11.1 Å². The molecule has 4 heteroatoms. The van der Waals surface area contributed by atoms with Crippen LogP contribution in [0.5, 0.6) is 0 Å². The number of nitrogens with zero attached hydrogens (tertiary/aromatic N) is 1. The molecule has 118 valence electrons. The summed E-state index contributed by atoms with van der Waals surface area (Å²) in [5.41, 5.74) is 1.38. The Morgan fingerprint density at radius 2 is 1.96 bits per heavy atom. The largest absolute Gasteiger partial charge is 0.332 e. The van der Waals surface area contributed by atoms with Crippen LogP contribution in [-0.2, 0) is 4.79 Å². The standard InChI is InChI=1S/C19H17ClFNO/c20-16-8-4-9-17(21)15(16)11-12-19(23)22-13-5-10-18(22)14-6-2-1-3-7-14/h1-4,6-9,11-12,18H,5,10,13H2. The van der Waals surface area contributed by atoms with Crippen molar-refractivity contribution in [1.29, 1.82) is 0 Å². The third kappa shape index (κ3) is 3.45. The molecule has 0 spiro atoms. The van der Waals surface area contributed by atoms with E-state index < -0.39 is 5.82 Å². The minimum atomic E-state index is -0.428. The lowest BCUT2D eigenvalue weighted by Crippen LogP contribution is -2.28. The van der Waals surface area contributed by atoms with E-state index in [-0.39, 0.29) is 17.5 Å². The zero-order valence-corrected chi connectivity index (χ0v) is 13.3.